The molecule has 2 rings (SSSR count). The van der Waals surface area contributed by atoms with E-state index in [1.54, 1.807) is 6.92 Å². The maximum Gasteiger partial charge on any atom is 0.360 e. The number of nitrogens with two attached hydrogens (primary N) is 1. The van der Waals surface area contributed by atoms with Gasteiger partial charge in [0.05, 0.1) is 6.61 Å². The van der Waals surface area contributed by atoms with E-state index in [4.69, 9.17) is 14.9 Å². The Balaban J connectivity index is 2.04. The summed E-state index contributed by atoms with van der Waals surface area (Å²) in [7, 11) is 0. The van der Waals surface area contributed by atoms with Crippen LogP contribution >= 0.6 is 0 Å². The van der Waals surface area contributed by atoms with Gasteiger partial charge in [0, 0.05) is 19.1 Å². The molecule has 0 radical (unpaired) electrons. The summed E-state index contributed by atoms with van der Waals surface area (Å²) in [5.74, 6) is -0.457. The first-order valence-corrected chi connectivity index (χ1v) is 5.34. The van der Waals surface area contributed by atoms with Gasteiger partial charge in [-0.1, -0.05) is 0 Å². The van der Waals surface area contributed by atoms with Crippen molar-refractivity contribution in [2.75, 3.05) is 24.6 Å². The zero-order valence-electron chi connectivity index (χ0n) is 9.18. The van der Waals surface area contributed by atoms with Crippen LogP contribution in [0.1, 0.15) is 23.8 Å². The zero-order chi connectivity index (χ0) is 11.5. The minimum Gasteiger partial charge on any atom is -0.461 e. The minimum atomic E-state index is -0.457. The Bertz CT molecular complexity index is 377. The van der Waals surface area contributed by atoms with Crippen LogP contribution in [0.15, 0.2) is 10.7 Å². The summed E-state index contributed by atoms with van der Waals surface area (Å²) in [6, 6.07) is 0.592. The van der Waals surface area contributed by atoms with Crippen LogP contribution in [0.3, 0.4) is 0 Å². The third-order valence-corrected chi connectivity index (χ3v) is 2.47. The molecule has 0 bridgehead atoms. The topological polar surface area (TPSA) is 81.6 Å². The first kappa shape index (κ1) is 10.9. The van der Waals surface area contributed by atoms with E-state index in [1.807, 2.05) is 4.90 Å². The molecule has 0 spiro atoms. The van der Waals surface area contributed by atoms with Crippen molar-refractivity contribution >= 4 is 12.0 Å². The average Bonchev–Trinajstić information content (AvgIpc) is 2.85. The van der Waals surface area contributed by atoms with Gasteiger partial charge in [0.15, 0.2) is 5.69 Å². The molecule has 88 valence electrons. The SMILES string of the molecule is CCOC(=O)c1coc(N2CCC(N)C2)n1. The molecule has 1 unspecified atom stereocenters. The Kier molecular flexibility index (Phi) is 3.09. The van der Waals surface area contributed by atoms with Crippen molar-refractivity contribution in [2.45, 2.75) is 19.4 Å². The molecule has 1 aromatic rings. The van der Waals surface area contributed by atoms with Gasteiger partial charge in [-0.2, -0.15) is 4.98 Å². The van der Waals surface area contributed by atoms with Crippen LogP contribution in [0, 0.1) is 0 Å². The van der Waals surface area contributed by atoms with Crippen molar-refractivity contribution in [3.05, 3.63) is 12.0 Å². The highest BCUT2D eigenvalue weighted by atomic mass is 16.5. The van der Waals surface area contributed by atoms with E-state index < -0.39 is 5.97 Å². The summed E-state index contributed by atoms with van der Waals surface area (Å²) in [5, 5.41) is 0. The molecule has 16 heavy (non-hydrogen) atoms. The van der Waals surface area contributed by atoms with Crippen molar-refractivity contribution in [1.82, 2.24) is 4.98 Å². The molecular formula is C10H15N3O3. The van der Waals surface area contributed by atoms with E-state index in [9.17, 15) is 4.79 Å². The fraction of sp³-hybridized carbons (Fsp3) is 0.600. The number of ether oxygens (including phenoxy) is 1. The highest BCUT2D eigenvalue weighted by molar-refractivity contribution is 5.87. The smallest absolute Gasteiger partial charge is 0.360 e. The molecule has 0 aliphatic carbocycles. The van der Waals surface area contributed by atoms with Crippen LogP contribution in [0.4, 0.5) is 6.01 Å². The van der Waals surface area contributed by atoms with Crippen LogP contribution < -0.4 is 10.6 Å². The summed E-state index contributed by atoms with van der Waals surface area (Å²) in [6.07, 6.45) is 2.23. The van der Waals surface area contributed by atoms with E-state index in [0.29, 0.717) is 19.2 Å². The maximum atomic E-state index is 11.3. The molecule has 1 aliphatic heterocycles. The summed E-state index contributed by atoms with van der Waals surface area (Å²) in [5.41, 5.74) is 5.98. The van der Waals surface area contributed by atoms with Gasteiger partial charge in [0.25, 0.3) is 6.01 Å². The molecule has 1 fully saturated rings. The Labute approximate surface area is 93.4 Å². The summed E-state index contributed by atoms with van der Waals surface area (Å²) in [6.45, 7) is 3.60. The van der Waals surface area contributed by atoms with Gasteiger partial charge in [-0.25, -0.2) is 4.79 Å². The number of carbonyl (C=O) groups is 1. The average molecular weight is 225 g/mol. The fourth-order valence-electron chi connectivity index (χ4n) is 1.67. The number of oxazole rings is 1. The lowest BCUT2D eigenvalue weighted by molar-refractivity contribution is 0.0519. The normalized spacial score (nSPS) is 20.1. The number of hydrogen-bond acceptors (Lipinski definition) is 6. The van der Waals surface area contributed by atoms with Crippen molar-refractivity contribution in [3.8, 4) is 0 Å². The summed E-state index contributed by atoms with van der Waals surface area (Å²) >= 11 is 0. The Morgan fingerprint density at radius 3 is 3.25 bits per heavy atom. The van der Waals surface area contributed by atoms with Crippen LogP contribution in [-0.4, -0.2) is 36.7 Å². The van der Waals surface area contributed by atoms with Crippen molar-refractivity contribution < 1.29 is 13.9 Å². The van der Waals surface area contributed by atoms with Crippen molar-refractivity contribution in [2.24, 2.45) is 5.73 Å². The molecule has 6 heteroatoms. The minimum absolute atomic E-state index is 0.151. The predicted molar refractivity (Wildman–Crippen MR) is 57.3 cm³/mol. The predicted octanol–water partition coefficient (Wildman–Crippen LogP) is 0.389. The molecule has 0 saturated carbocycles. The van der Waals surface area contributed by atoms with E-state index in [1.165, 1.54) is 6.26 Å². The van der Waals surface area contributed by atoms with Gasteiger partial charge >= 0.3 is 5.97 Å². The largest absolute Gasteiger partial charge is 0.461 e. The quantitative estimate of drug-likeness (QED) is 0.749. The molecule has 0 amide bonds. The molecule has 1 aliphatic rings. The van der Waals surface area contributed by atoms with Gasteiger partial charge in [0.1, 0.15) is 6.26 Å². The lowest BCUT2D eigenvalue weighted by atomic mass is 10.3. The first-order valence-electron chi connectivity index (χ1n) is 5.34. The standard InChI is InChI=1S/C10H15N3O3/c1-2-15-9(14)8-6-16-10(12-8)13-4-3-7(11)5-13/h6-7H,2-5,11H2,1H3. The third-order valence-electron chi connectivity index (χ3n) is 2.47. The molecular weight excluding hydrogens is 210 g/mol. The molecule has 1 atom stereocenters. The lowest BCUT2D eigenvalue weighted by Gasteiger charge is -2.11. The summed E-state index contributed by atoms with van der Waals surface area (Å²) in [4.78, 5) is 17.3. The second-order valence-corrected chi connectivity index (χ2v) is 3.73. The number of anilines is 1. The van der Waals surface area contributed by atoms with Gasteiger partial charge in [-0.3, -0.25) is 0 Å². The lowest BCUT2D eigenvalue weighted by Crippen LogP contribution is -2.26. The number of rotatable bonds is 3. The Morgan fingerprint density at radius 2 is 2.62 bits per heavy atom. The highest BCUT2D eigenvalue weighted by Crippen LogP contribution is 2.19. The number of nitrogens with zero attached hydrogens (tertiary/aromatic N) is 2. The van der Waals surface area contributed by atoms with Gasteiger partial charge in [-0.15, -0.1) is 0 Å². The van der Waals surface area contributed by atoms with Crippen LogP contribution in [-0.2, 0) is 4.74 Å². The number of aromatic nitrogens is 1. The van der Waals surface area contributed by atoms with Crippen LogP contribution in [0.25, 0.3) is 0 Å². The number of hydrogen-bond donors (Lipinski definition) is 1. The van der Waals surface area contributed by atoms with Gasteiger partial charge in [0.2, 0.25) is 0 Å². The molecule has 2 N–H and O–H groups in total. The van der Waals surface area contributed by atoms with E-state index in [0.717, 1.165) is 13.0 Å². The van der Waals surface area contributed by atoms with Crippen molar-refractivity contribution in [3.63, 3.8) is 0 Å². The molecule has 2 heterocycles. The second kappa shape index (κ2) is 4.52. The highest BCUT2D eigenvalue weighted by Gasteiger charge is 2.24. The van der Waals surface area contributed by atoms with Gasteiger partial charge < -0.3 is 19.8 Å². The third kappa shape index (κ3) is 2.16. The zero-order valence-corrected chi connectivity index (χ0v) is 9.18. The Morgan fingerprint density at radius 1 is 1.81 bits per heavy atom. The number of carbonyl (C=O) groups excluding carboxylic acids is 1. The van der Waals surface area contributed by atoms with Crippen molar-refractivity contribution in [1.29, 1.82) is 0 Å². The van der Waals surface area contributed by atoms with Gasteiger partial charge in [-0.05, 0) is 13.3 Å². The Hall–Kier alpha value is -1.56. The van der Waals surface area contributed by atoms with E-state index in [-0.39, 0.29) is 11.7 Å². The second-order valence-electron chi connectivity index (χ2n) is 3.73. The molecule has 0 aromatic carbocycles. The van der Waals surface area contributed by atoms with E-state index in [2.05, 4.69) is 4.98 Å². The maximum absolute atomic E-state index is 11.3. The molecule has 1 aromatic heterocycles. The summed E-state index contributed by atoms with van der Waals surface area (Å²) < 4.78 is 10.0. The van der Waals surface area contributed by atoms with E-state index >= 15 is 0 Å². The first-order chi connectivity index (χ1) is 7.70. The van der Waals surface area contributed by atoms with Crippen LogP contribution in [0.5, 0.6) is 0 Å². The number of esters is 1. The molecule has 6 nitrogen and oxygen atoms in total. The fourth-order valence-corrected chi connectivity index (χ4v) is 1.67. The van der Waals surface area contributed by atoms with Crippen LogP contribution in [0.2, 0.25) is 0 Å². The monoisotopic (exact) mass is 225 g/mol. The molecule has 1 saturated heterocycles.